The SMILES string of the molecule is CC(C)(CCC(=O)O)NC(=O)c1n[nH]c2ccc(Br)cc12. The predicted molar refractivity (Wildman–Crippen MR) is 82.2 cm³/mol. The quantitative estimate of drug-likeness (QED) is 0.769. The van der Waals surface area contributed by atoms with Crippen LogP contribution in [0.2, 0.25) is 0 Å². The molecule has 0 bridgehead atoms. The Morgan fingerprint density at radius 3 is 2.81 bits per heavy atom. The molecule has 0 aliphatic carbocycles. The van der Waals surface area contributed by atoms with E-state index in [-0.39, 0.29) is 12.3 Å². The summed E-state index contributed by atoms with van der Waals surface area (Å²) in [7, 11) is 0. The average molecular weight is 354 g/mol. The predicted octanol–water partition coefficient (Wildman–Crippen LogP) is 2.70. The molecule has 1 aromatic carbocycles. The molecule has 0 atom stereocenters. The number of hydrogen-bond donors (Lipinski definition) is 3. The van der Waals surface area contributed by atoms with Gasteiger partial charge in [0.2, 0.25) is 0 Å². The molecule has 21 heavy (non-hydrogen) atoms. The third-order valence-corrected chi connectivity index (χ3v) is 3.65. The second-order valence-electron chi connectivity index (χ2n) is 5.49. The van der Waals surface area contributed by atoms with Gasteiger partial charge in [-0.1, -0.05) is 15.9 Å². The number of rotatable bonds is 5. The van der Waals surface area contributed by atoms with Gasteiger partial charge in [0.05, 0.1) is 5.52 Å². The van der Waals surface area contributed by atoms with Crippen molar-refractivity contribution in [3.8, 4) is 0 Å². The van der Waals surface area contributed by atoms with Gasteiger partial charge in [-0.15, -0.1) is 0 Å². The first kappa shape index (κ1) is 15.5. The molecule has 1 amide bonds. The van der Waals surface area contributed by atoms with E-state index >= 15 is 0 Å². The molecule has 6 nitrogen and oxygen atoms in total. The molecule has 0 unspecified atom stereocenters. The van der Waals surface area contributed by atoms with Crippen molar-refractivity contribution < 1.29 is 14.7 Å². The minimum atomic E-state index is -0.883. The number of aromatic amines is 1. The van der Waals surface area contributed by atoms with Gasteiger partial charge in [-0.25, -0.2) is 0 Å². The van der Waals surface area contributed by atoms with Crippen LogP contribution in [-0.4, -0.2) is 32.7 Å². The summed E-state index contributed by atoms with van der Waals surface area (Å²) in [5.74, 6) is -1.21. The van der Waals surface area contributed by atoms with Crippen LogP contribution in [0.5, 0.6) is 0 Å². The molecule has 0 fully saturated rings. The normalized spacial score (nSPS) is 11.6. The standard InChI is InChI=1S/C14H16BrN3O3/c1-14(2,6-5-11(19)20)16-13(21)12-9-7-8(15)3-4-10(9)17-18-12/h3-4,7H,5-6H2,1-2H3,(H,16,21)(H,17,18)(H,19,20). The van der Waals surface area contributed by atoms with Gasteiger partial charge >= 0.3 is 5.97 Å². The highest BCUT2D eigenvalue weighted by Gasteiger charge is 2.24. The summed E-state index contributed by atoms with van der Waals surface area (Å²) in [6.45, 7) is 3.58. The molecule has 0 saturated carbocycles. The molecule has 0 aliphatic rings. The monoisotopic (exact) mass is 353 g/mol. The van der Waals surface area contributed by atoms with Crippen LogP contribution in [-0.2, 0) is 4.79 Å². The van der Waals surface area contributed by atoms with Gasteiger partial charge in [-0.2, -0.15) is 5.10 Å². The molecule has 1 heterocycles. The van der Waals surface area contributed by atoms with Gasteiger partial charge in [0.15, 0.2) is 5.69 Å². The number of aromatic nitrogens is 2. The fraction of sp³-hybridized carbons (Fsp3) is 0.357. The van der Waals surface area contributed by atoms with Gasteiger partial charge in [-0.05, 0) is 38.5 Å². The van der Waals surface area contributed by atoms with E-state index in [4.69, 9.17) is 5.11 Å². The van der Waals surface area contributed by atoms with E-state index in [1.807, 2.05) is 18.2 Å². The Balaban J connectivity index is 2.18. The Kier molecular flexibility index (Phi) is 4.32. The Bertz CT molecular complexity index is 694. The number of H-pyrrole nitrogens is 1. The van der Waals surface area contributed by atoms with E-state index in [9.17, 15) is 9.59 Å². The maximum Gasteiger partial charge on any atom is 0.303 e. The Morgan fingerprint density at radius 1 is 1.43 bits per heavy atom. The van der Waals surface area contributed by atoms with Crippen LogP contribution in [0.4, 0.5) is 0 Å². The zero-order valence-electron chi connectivity index (χ0n) is 11.7. The molecule has 3 N–H and O–H groups in total. The number of hydrogen-bond acceptors (Lipinski definition) is 3. The van der Waals surface area contributed by atoms with Crippen LogP contribution in [0, 0.1) is 0 Å². The molecule has 0 spiro atoms. The van der Waals surface area contributed by atoms with E-state index < -0.39 is 11.5 Å². The molecule has 2 rings (SSSR count). The summed E-state index contributed by atoms with van der Waals surface area (Å²) >= 11 is 3.36. The van der Waals surface area contributed by atoms with Crippen molar-refractivity contribution in [1.82, 2.24) is 15.5 Å². The van der Waals surface area contributed by atoms with Gasteiger partial charge in [0.25, 0.3) is 5.91 Å². The second-order valence-corrected chi connectivity index (χ2v) is 6.41. The fourth-order valence-corrected chi connectivity index (χ4v) is 2.37. The van der Waals surface area contributed by atoms with E-state index in [1.165, 1.54) is 0 Å². The van der Waals surface area contributed by atoms with Gasteiger partial charge in [0, 0.05) is 21.8 Å². The molecular weight excluding hydrogens is 338 g/mol. The Hall–Kier alpha value is -1.89. The minimum absolute atomic E-state index is 0.000140. The molecule has 1 aromatic heterocycles. The molecule has 0 radical (unpaired) electrons. The number of benzene rings is 1. The van der Waals surface area contributed by atoms with Crippen molar-refractivity contribution in [2.75, 3.05) is 0 Å². The van der Waals surface area contributed by atoms with Gasteiger partial charge in [0.1, 0.15) is 0 Å². The molecule has 7 heteroatoms. The van der Waals surface area contributed by atoms with Crippen LogP contribution in [0.1, 0.15) is 37.2 Å². The van der Waals surface area contributed by atoms with Crippen LogP contribution < -0.4 is 5.32 Å². The summed E-state index contributed by atoms with van der Waals surface area (Å²) in [5, 5.41) is 19.1. The number of nitrogens with zero attached hydrogens (tertiary/aromatic N) is 1. The first-order chi connectivity index (χ1) is 9.78. The highest BCUT2D eigenvalue weighted by atomic mass is 79.9. The van der Waals surface area contributed by atoms with Crippen molar-refractivity contribution in [3.63, 3.8) is 0 Å². The summed E-state index contributed by atoms with van der Waals surface area (Å²) in [6.07, 6.45) is 0.347. The lowest BCUT2D eigenvalue weighted by atomic mass is 9.98. The number of halogens is 1. The van der Waals surface area contributed by atoms with Crippen LogP contribution >= 0.6 is 15.9 Å². The lowest BCUT2D eigenvalue weighted by molar-refractivity contribution is -0.137. The van der Waals surface area contributed by atoms with Crippen molar-refractivity contribution in [1.29, 1.82) is 0 Å². The Labute approximate surface area is 130 Å². The zero-order chi connectivity index (χ0) is 15.6. The van der Waals surface area contributed by atoms with E-state index in [0.717, 1.165) is 15.4 Å². The number of carbonyl (C=O) groups excluding carboxylic acids is 1. The maximum atomic E-state index is 12.3. The Morgan fingerprint density at radius 2 is 2.14 bits per heavy atom. The zero-order valence-corrected chi connectivity index (χ0v) is 13.3. The molecule has 0 saturated heterocycles. The topological polar surface area (TPSA) is 95.1 Å². The molecule has 112 valence electrons. The fourth-order valence-electron chi connectivity index (χ4n) is 2.01. The van der Waals surface area contributed by atoms with E-state index in [2.05, 4.69) is 31.4 Å². The third-order valence-electron chi connectivity index (χ3n) is 3.16. The van der Waals surface area contributed by atoms with E-state index in [1.54, 1.807) is 13.8 Å². The van der Waals surface area contributed by atoms with Crippen molar-refractivity contribution in [3.05, 3.63) is 28.4 Å². The summed E-state index contributed by atoms with van der Waals surface area (Å²) in [4.78, 5) is 23.0. The van der Waals surface area contributed by atoms with Crippen molar-refractivity contribution >= 4 is 38.7 Å². The second kappa shape index (κ2) is 5.85. The largest absolute Gasteiger partial charge is 0.481 e. The molecule has 0 aliphatic heterocycles. The number of carboxylic acids is 1. The van der Waals surface area contributed by atoms with Gasteiger partial charge < -0.3 is 10.4 Å². The first-order valence-corrected chi connectivity index (χ1v) is 7.26. The highest BCUT2D eigenvalue weighted by molar-refractivity contribution is 9.10. The molecular formula is C14H16BrN3O3. The minimum Gasteiger partial charge on any atom is -0.481 e. The third kappa shape index (κ3) is 3.81. The highest BCUT2D eigenvalue weighted by Crippen LogP contribution is 2.22. The summed E-state index contributed by atoms with van der Waals surface area (Å²) in [5.41, 5.74) is 0.452. The lowest BCUT2D eigenvalue weighted by Gasteiger charge is -2.25. The summed E-state index contributed by atoms with van der Waals surface area (Å²) in [6, 6.07) is 5.51. The number of carboxylic acid groups (broad SMARTS) is 1. The lowest BCUT2D eigenvalue weighted by Crippen LogP contribution is -2.43. The number of nitrogens with one attached hydrogen (secondary N) is 2. The summed E-state index contributed by atoms with van der Waals surface area (Å²) < 4.78 is 0.857. The number of aliphatic carboxylic acids is 1. The number of fused-ring (bicyclic) bond motifs is 1. The smallest absolute Gasteiger partial charge is 0.303 e. The first-order valence-electron chi connectivity index (χ1n) is 6.46. The van der Waals surface area contributed by atoms with Crippen LogP contribution in [0.15, 0.2) is 22.7 Å². The number of amides is 1. The van der Waals surface area contributed by atoms with Crippen molar-refractivity contribution in [2.24, 2.45) is 0 Å². The van der Waals surface area contributed by atoms with Gasteiger partial charge in [-0.3, -0.25) is 14.7 Å². The maximum absolute atomic E-state index is 12.3. The average Bonchev–Trinajstić information content (AvgIpc) is 2.79. The van der Waals surface area contributed by atoms with Crippen LogP contribution in [0.3, 0.4) is 0 Å². The van der Waals surface area contributed by atoms with Crippen molar-refractivity contribution in [2.45, 2.75) is 32.2 Å². The number of carbonyl (C=O) groups is 2. The molecule has 2 aromatic rings. The van der Waals surface area contributed by atoms with Crippen LogP contribution in [0.25, 0.3) is 10.9 Å². The van der Waals surface area contributed by atoms with E-state index in [0.29, 0.717) is 12.1 Å².